The second-order valence-corrected chi connectivity index (χ2v) is 6.81. The predicted molar refractivity (Wildman–Crippen MR) is 85.2 cm³/mol. The number of hydrogen-bond acceptors (Lipinski definition) is 2. The molecule has 0 radical (unpaired) electrons. The third kappa shape index (κ3) is 3.03. The Morgan fingerprint density at radius 3 is 2.48 bits per heavy atom. The molecular formula is C18H24N2O. The number of ether oxygens (including phenoxy) is 1. The molecule has 1 saturated heterocycles. The minimum Gasteiger partial charge on any atom is -0.356 e. The normalized spacial score (nSPS) is 19.7. The van der Waals surface area contributed by atoms with Crippen molar-refractivity contribution in [2.75, 3.05) is 6.61 Å². The molecule has 21 heavy (non-hydrogen) atoms. The molecule has 3 rings (SSSR count). The summed E-state index contributed by atoms with van der Waals surface area (Å²) in [6, 6.07) is 10.9. The number of aromatic nitrogens is 2. The van der Waals surface area contributed by atoms with Crippen molar-refractivity contribution in [1.29, 1.82) is 0 Å². The van der Waals surface area contributed by atoms with E-state index in [1.165, 1.54) is 17.5 Å². The molecule has 2 aromatic rings. The van der Waals surface area contributed by atoms with Crippen LogP contribution in [0.3, 0.4) is 0 Å². The minimum atomic E-state index is 0.0889. The van der Waals surface area contributed by atoms with Crippen LogP contribution in [-0.4, -0.2) is 16.4 Å². The van der Waals surface area contributed by atoms with Gasteiger partial charge in [0.25, 0.3) is 0 Å². The molecule has 0 amide bonds. The quantitative estimate of drug-likeness (QED) is 0.809. The number of benzene rings is 1. The summed E-state index contributed by atoms with van der Waals surface area (Å²) in [5.41, 5.74) is 3.88. The van der Waals surface area contributed by atoms with Gasteiger partial charge in [0.2, 0.25) is 0 Å². The van der Waals surface area contributed by atoms with Crippen LogP contribution >= 0.6 is 0 Å². The number of hydrogen-bond donors (Lipinski definition) is 0. The number of rotatable bonds is 2. The molecule has 112 valence electrons. The highest BCUT2D eigenvalue weighted by Gasteiger charge is 2.20. The summed E-state index contributed by atoms with van der Waals surface area (Å²) in [4.78, 5) is 0. The van der Waals surface area contributed by atoms with E-state index in [9.17, 15) is 0 Å². The van der Waals surface area contributed by atoms with Gasteiger partial charge in [-0.05, 0) is 41.9 Å². The van der Waals surface area contributed by atoms with Gasteiger partial charge in [-0.1, -0.05) is 45.0 Å². The molecule has 3 nitrogen and oxygen atoms in total. The molecule has 0 saturated carbocycles. The fraction of sp³-hybridized carbons (Fsp3) is 0.500. The highest BCUT2D eigenvalue weighted by Crippen LogP contribution is 2.30. The van der Waals surface area contributed by atoms with Gasteiger partial charge in [-0.25, -0.2) is 4.68 Å². The van der Waals surface area contributed by atoms with E-state index < -0.39 is 0 Å². The van der Waals surface area contributed by atoms with Crippen molar-refractivity contribution in [3.63, 3.8) is 0 Å². The largest absolute Gasteiger partial charge is 0.356 e. The van der Waals surface area contributed by atoms with Crippen LogP contribution in [0.4, 0.5) is 0 Å². The van der Waals surface area contributed by atoms with Crippen molar-refractivity contribution in [2.24, 2.45) is 0 Å². The van der Waals surface area contributed by atoms with Gasteiger partial charge < -0.3 is 4.74 Å². The molecule has 2 heterocycles. The lowest BCUT2D eigenvalue weighted by Gasteiger charge is -2.25. The molecule has 0 N–H and O–H groups in total. The van der Waals surface area contributed by atoms with Crippen LogP contribution in [0.2, 0.25) is 0 Å². The Balaban J connectivity index is 1.89. The van der Waals surface area contributed by atoms with E-state index in [2.05, 4.69) is 56.2 Å². The zero-order valence-corrected chi connectivity index (χ0v) is 13.2. The fourth-order valence-electron chi connectivity index (χ4n) is 2.83. The van der Waals surface area contributed by atoms with Crippen LogP contribution < -0.4 is 0 Å². The maximum Gasteiger partial charge on any atom is 0.150 e. The number of nitrogens with zero attached hydrogens (tertiary/aromatic N) is 2. The zero-order valence-electron chi connectivity index (χ0n) is 13.2. The van der Waals surface area contributed by atoms with Crippen LogP contribution in [0.5, 0.6) is 0 Å². The van der Waals surface area contributed by atoms with Gasteiger partial charge in [-0.3, -0.25) is 0 Å². The van der Waals surface area contributed by atoms with Gasteiger partial charge in [0.05, 0.1) is 5.69 Å². The molecule has 0 bridgehead atoms. The average Bonchev–Trinajstić information content (AvgIpc) is 2.97. The molecule has 1 fully saturated rings. The standard InChI is InChI=1S/C18H24N2O/c1-18(2,3)15-9-7-14(8-10-15)16-11-12-19-20(16)17-6-4-5-13-21-17/h7-12,17H,4-6,13H2,1-3H3. The van der Waals surface area contributed by atoms with Crippen molar-refractivity contribution in [1.82, 2.24) is 9.78 Å². The summed E-state index contributed by atoms with van der Waals surface area (Å²) in [7, 11) is 0. The van der Waals surface area contributed by atoms with E-state index in [4.69, 9.17) is 4.74 Å². The highest BCUT2D eigenvalue weighted by atomic mass is 16.5. The molecule has 1 unspecified atom stereocenters. The topological polar surface area (TPSA) is 27.1 Å². The first-order valence-electron chi connectivity index (χ1n) is 7.82. The summed E-state index contributed by atoms with van der Waals surface area (Å²) >= 11 is 0. The molecule has 1 aromatic heterocycles. The summed E-state index contributed by atoms with van der Waals surface area (Å²) in [6.45, 7) is 7.55. The third-order valence-corrected chi connectivity index (χ3v) is 4.15. The summed E-state index contributed by atoms with van der Waals surface area (Å²) in [5.74, 6) is 0. The Morgan fingerprint density at radius 1 is 1.10 bits per heavy atom. The third-order valence-electron chi connectivity index (χ3n) is 4.15. The Morgan fingerprint density at radius 2 is 1.86 bits per heavy atom. The summed E-state index contributed by atoms with van der Waals surface area (Å²) < 4.78 is 7.90. The Bertz CT molecular complexity index is 586. The molecule has 0 aliphatic carbocycles. The van der Waals surface area contributed by atoms with Crippen LogP contribution in [-0.2, 0) is 10.2 Å². The molecule has 3 heteroatoms. The van der Waals surface area contributed by atoms with Crippen LogP contribution in [0.25, 0.3) is 11.3 Å². The van der Waals surface area contributed by atoms with Gasteiger partial charge in [0.15, 0.2) is 6.23 Å². The zero-order chi connectivity index (χ0) is 14.9. The second kappa shape index (κ2) is 5.64. The second-order valence-electron chi connectivity index (χ2n) is 6.81. The lowest BCUT2D eigenvalue weighted by atomic mass is 9.86. The molecule has 1 aromatic carbocycles. The fourth-order valence-corrected chi connectivity index (χ4v) is 2.83. The van der Waals surface area contributed by atoms with E-state index in [0.717, 1.165) is 25.1 Å². The monoisotopic (exact) mass is 284 g/mol. The Kier molecular flexibility index (Phi) is 3.85. The van der Waals surface area contributed by atoms with Crippen molar-refractivity contribution in [3.8, 4) is 11.3 Å². The van der Waals surface area contributed by atoms with Gasteiger partial charge in [-0.2, -0.15) is 5.10 Å². The van der Waals surface area contributed by atoms with Gasteiger partial charge in [-0.15, -0.1) is 0 Å². The first-order valence-corrected chi connectivity index (χ1v) is 7.82. The van der Waals surface area contributed by atoms with Gasteiger partial charge >= 0.3 is 0 Å². The SMILES string of the molecule is CC(C)(C)c1ccc(-c2ccnn2C2CCCCO2)cc1. The highest BCUT2D eigenvalue weighted by molar-refractivity contribution is 5.60. The van der Waals surface area contributed by atoms with Crippen LogP contribution in [0.15, 0.2) is 36.5 Å². The lowest BCUT2D eigenvalue weighted by Crippen LogP contribution is -2.19. The van der Waals surface area contributed by atoms with E-state index in [-0.39, 0.29) is 11.6 Å². The predicted octanol–water partition coefficient (Wildman–Crippen LogP) is 4.55. The van der Waals surface area contributed by atoms with Gasteiger partial charge in [0, 0.05) is 12.8 Å². The maximum absolute atomic E-state index is 5.86. The molecule has 1 aliphatic rings. The lowest BCUT2D eigenvalue weighted by molar-refractivity contribution is -0.0383. The maximum atomic E-state index is 5.86. The van der Waals surface area contributed by atoms with Crippen LogP contribution in [0, 0.1) is 0 Å². The van der Waals surface area contributed by atoms with Crippen molar-refractivity contribution in [3.05, 3.63) is 42.1 Å². The average molecular weight is 284 g/mol. The summed E-state index contributed by atoms with van der Waals surface area (Å²) in [5, 5.41) is 4.48. The molecule has 1 aliphatic heterocycles. The molecule has 1 atom stereocenters. The first kappa shape index (κ1) is 14.3. The summed E-state index contributed by atoms with van der Waals surface area (Å²) in [6.07, 6.45) is 5.38. The van der Waals surface area contributed by atoms with Crippen molar-refractivity contribution < 1.29 is 4.74 Å². The Hall–Kier alpha value is -1.61. The minimum absolute atomic E-state index is 0.0889. The van der Waals surface area contributed by atoms with E-state index in [0.29, 0.717) is 0 Å². The Labute approximate surface area is 126 Å². The van der Waals surface area contributed by atoms with E-state index >= 15 is 0 Å². The first-order chi connectivity index (χ1) is 10.1. The van der Waals surface area contributed by atoms with Gasteiger partial charge in [0.1, 0.15) is 0 Å². The van der Waals surface area contributed by atoms with Crippen molar-refractivity contribution in [2.45, 2.75) is 51.7 Å². The van der Waals surface area contributed by atoms with E-state index in [1.807, 2.05) is 10.9 Å². The smallest absolute Gasteiger partial charge is 0.150 e. The van der Waals surface area contributed by atoms with Crippen LogP contribution in [0.1, 0.15) is 51.8 Å². The van der Waals surface area contributed by atoms with E-state index in [1.54, 1.807) is 0 Å². The molecular weight excluding hydrogens is 260 g/mol. The molecule has 0 spiro atoms. The van der Waals surface area contributed by atoms with Crippen molar-refractivity contribution >= 4 is 0 Å².